The van der Waals surface area contributed by atoms with Gasteiger partial charge in [0, 0.05) is 5.56 Å². The maximum Gasteiger partial charge on any atom is 0.272 e. The van der Waals surface area contributed by atoms with E-state index in [4.69, 9.17) is 10.2 Å². The van der Waals surface area contributed by atoms with E-state index < -0.39 is 6.41 Å². The zero-order valence-corrected chi connectivity index (χ0v) is 9.43. The molecule has 3 aromatic rings. The number of aliphatic hydroxyl groups excluding tert-OH is 1. The van der Waals surface area contributed by atoms with Crippen LogP contribution in [0.25, 0.3) is 22.2 Å². The summed E-state index contributed by atoms with van der Waals surface area (Å²) in [5, 5.41) is 26.3. The molecule has 1 heterocycles. The molecular weight excluding hydrogens is 230 g/mol. The van der Waals surface area contributed by atoms with Crippen LogP contribution in [0.15, 0.2) is 48.5 Å². The minimum atomic E-state index is -1.72. The van der Waals surface area contributed by atoms with Crippen molar-refractivity contribution in [1.82, 2.24) is 15.0 Å². The van der Waals surface area contributed by atoms with Crippen LogP contribution in [-0.4, -0.2) is 25.2 Å². The lowest BCUT2D eigenvalue weighted by molar-refractivity contribution is -0.119. The van der Waals surface area contributed by atoms with E-state index in [9.17, 15) is 0 Å². The molecule has 0 aliphatic rings. The van der Waals surface area contributed by atoms with Gasteiger partial charge in [-0.3, -0.25) is 0 Å². The van der Waals surface area contributed by atoms with Gasteiger partial charge in [-0.25, -0.2) is 0 Å². The Labute approximate surface area is 103 Å². The van der Waals surface area contributed by atoms with Crippen molar-refractivity contribution < 1.29 is 10.2 Å². The fourth-order valence-electron chi connectivity index (χ4n) is 1.91. The Morgan fingerprint density at radius 2 is 1.67 bits per heavy atom. The maximum atomic E-state index is 9.08. The van der Waals surface area contributed by atoms with Crippen molar-refractivity contribution >= 4 is 11.0 Å². The standard InChI is InChI=1S/C13H11N3O2/c17-13(18)16-14-11-8-4-7-10(12(11)15-16)9-5-2-1-3-6-9/h1-8,13,17-18H. The van der Waals surface area contributed by atoms with Crippen LogP contribution >= 0.6 is 0 Å². The third-order valence-corrected chi connectivity index (χ3v) is 2.72. The molecule has 0 spiro atoms. The number of aromatic nitrogens is 3. The molecule has 2 N–H and O–H groups in total. The monoisotopic (exact) mass is 241 g/mol. The van der Waals surface area contributed by atoms with Crippen LogP contribution in [0, 0.1) is 0 Å². The van der Waals surface area contributed by atoms with Gasteiger partial charge in [0.15, 0.2) is 0 Å². The first-order valence-corrected chi connectivity index (χ1v) is 5.53. The van der Waals surface area contributed by atoms with Gasteiger partial charge < -0.3 is 10.2 Å². The lowest BCUT2D eigenvalue weighted by Gasteiger charge is -2.01. The van der Waals surface area contributed by atoms with Crippen LogP contribution in [0.3, 0.4) is 0 Å². The zero-order valence-electron chi connectivity index (χ0n) is 9.43. The first-order valence-electron chi connectivity index (χ1n) is 5.53. The summed E-state index contributed by atoms with van der Waals surface area (Å²) in [6, 6.07) is 15.4. The Hall–Kier alpha value is -2.24. The molecule has 0 saturated carbocycles. The van der Waals surface area contributed by atoms with Gasteiger partial charge in [-0.2, -0.15) is 0 Å². The molecule has 3 rings (SSSR count). The Balaban J connectivity index is 2.24. The highest BCUT2D eigenvalue weighted by Crippen LogP contribution is 2.26. The van der Waals surface area contributed by atoms with Crippen molar-refractivity contribution in [2.75, 3.05) is 0 Å². The Morgan fingerprint density at radius 1 is 0.889 bits per heavy atom. The van der Waals surface area contributed by atoms with Gasteiger partial charge in [-0.15, -0.1) is 15.0 Å². The summed E-state index contributed by atoms with van der Waals surface area (Å²) >= 11 is 0. The van der Waals surface area contributed by atoms with Gasteiger partial charge in [0.1, 0.15) is 11.0 Å². The molecule has 0 unspecified atom stereocenters. The molecule has 0 atom stereocenters. The lowest BCUT2D eigenvalue weighted by Crippen LogP contribution is -2.09. The molecule has 18 heavy (non-hydrogen) atoms. The second kappa shape index (κ2) is 4.21. The predicted molar refractivity (Wildman–Crippen MR) is 66.4 cm³/mol. The van der Waals surface area contributed by atoms with Crippen LogP contribution in [0.1, 0.15) is 6.41 Å². The van der Waals surface area contributed by atoms with Crippen molar-refractivity contribution in [2.45, 2.75) is 6.41 Å². The molecule has 5 heteroatoms. The highest BCUT2D eigenvalue weighted by molar-refractivity contribution is 5.91. The first kappa shape index (κ1) is 10.9. The second-order valence-corrected chi connectivity index (χ2v) is 3.91. The largest absolute Gasteiger partial charge is 0.349 e. The fourth-order valence-corrected chi connectivity index (χ4v) is 1.91. The second-order valence-electron chi connectivity index (χ2n) is 3.91. The SMILES string of the molecule is OC(O)n1nc2cccc(-c3ccccc3)c2n1. The first-order chi connectivity index (χ1) is 8.75. The summed E-state index contributed by atoms with van der Waals surface area (Å²) in [5.41, 5.74) is 3.21. The minimum Gasteiger partial charge on any atom is -0.349 e. The Morgan fingerprint density at radius 3 is 2.39 bits per heavy atom. The van der Waals surface area contributed by atoms with E-state index in [1.165, 1.54) is 0 Å². The smallest absolute Gasteiger partial charge is 0.272 e. The lowest BCUT2D eigenvalue weighted by atomic mass is 10.0. The van der Waals surface area contributed by atoms with Crippen molar-refractivity contribution in [3.8, 4) is 11.1 Å². The van der Waals surface area contributed by atoms with Gasteiger partial charge in [0.2, 0.25) is 0 Å². The number of nitrogens with zero attached hydrogens (tertiary/aromatic N) is 3. The molecule has 2 aromatic carbocycles. The van der Waals surface area contributed by atoms with E-state index in [1.54, 1.807) is 6.07 Å². The van der Waals surface area contributed by atoms with Crippen molar-refractivity contribution in [1.29, 1.82) is 0 Å². The average Bonchev–Trinajstić information content (AvgIpc) is 2.83. The van der Waals surface area contributed by atoms with E-state index >= 15 is 0 Å². The van der Waals surface area contributed by atoms with Crippen LogP contribution in [0.5, 0.6) is 0 Å². The predicted octanol–water partition coefficient (Wildman–Crippen LogP) is 1.54. The van der Waals surface area contributed by atoms with Gasteiger partial charge in [0.05, 0.1) is 0 Å². The molecule has 0 saturated heterocycles. The molecule has 0 aliphatic carbocycles. The molecule has 0 radical (unpaired) electrons. The number of rotatable bonds is 2. The summed E-state index contributed by atoms with van der Waals surface area (Å²) in [6.45, 7) is 0. The summed E-state index contributed by atoms with van der Waals surface area (Å²) < 4.78 is 0. The quantitative estimate of drug-likeness (QED) is 0.667. The molecule has 0 amide bonds. The van der Waals surface area contributed by atoms with E-state index in [-0.39, 0.29) is 0 Å². The molecule has 0 fully saturated rings. The summed E-state index contributed by atoms with van der Waals surface area (Å²) in [6.07, 6.45) is -1.72. The third-order valence-electron chi connectivity index (χ3n) is 2.72. The van der Waals surface area contributed by atoms with Crippen LogP contribution in [0.2, 0.25) is 0 Å². The van der Waals surface area contributed by atoms with Crippen molar-refractivity contribution in [2.24, 2.45) is 0 Å². The topological polar surface area (TPSA) is 71.2 Å². The number of hydrogen-bond donors (Lipinski definition) is 2. The number of fused-ring (bicyclic) bond motifs is 1. The van der Waals surface area contributed by atoms with E-state index in [0.717, 1.165) is 15.9 Å². The normalized spacial score (nSPS) is 11.3. The Bertz CT molecular complexity index is 677. The van der Waals surface area contributed by atoms with Gasteiger partial charge in [0.25, 0.3) is 6.41 Å². The van der Waals surface area contributed by atoms with E-state index in [1.807, 2.05) is 42.5 Å². The van der Waals surface area contributed by atoms with Gasteiger partial charge in [-0.1, -0.05) is 42.5 Å². The number of benzene rings is 2. The number of hydrogen-bond acceptors (Lipinski definition) is 4. The Kier molecular flexibility index (Phi) is 2.55. The van der Waals surface area contributed by atoms with E-state index in [0.29, 0.717) is 11.0 Å². The fraction of sp³-hybridized carbons (Fsp3) is 0.0769. The number of aliphatic hydroxyl groups is 2. The highest BCUT2D eigenvalue weighted by Gasteiger charge is 2.11. The van der Waals surface area contributed by atoms with Crippen LogP contribution in [0.4, 0.5) is 0 Å². The molecular formula is C13H11N3O2. The molecule has 0 bridgehead atoms. The summed E-state index contributed by atoms with van der Waals surface area (Å²) in [7, 11) is 0. The molecule has 1 aromatic heterocycles. The maximum absolute atomic E-state index is 9.08. The summed E-state index contributed by atoms with van der Waals surface area (Å²) in [4.78, 5) is 0.886. The van der Waals surface area contributed by atoms with Crippen molar-refractivity contribution in [3.05, 3.63) is 48.5 Å². The molecule has 0 aliphatic heterocycles. The van der Waals surface area contributed by atoms with Gasteiger partial charge in [-0.05, 0) is 11.6 Å². The summed E-state index contributed by atoms with van der Waals surface area (Å²) in [5.74, 6) is 0. The third kappa shape index (κ3) is 1.75. The van der Waals surface area contributed by atoms with Crippen LogP contribution in [-0.2, 0) is 0 Å². The molecule has 90 valence electrons. The zero-order chi connectivity index (χ0) is 12.5. The highest BCUT2D eigenvalue weighted by atomic mass is 16.5. The van der Waals surface area contributed by atoms with Crippen molar-refractivity contribution in [3.63, 3.8) is 0 Å². The average molecular weight is 241 g/mol. The van der Waals surface area contributed by atoms with E-state index in [2.05, 4.69) is 10.2 Å². The minimum absolute atomic E-state index is 0.629. The van der Waals surface area contributed by atoms with Gasteiger partial charge >= 0.3 is 0 Å². The van der Waals surface area contributed by atoms with Crippen LogP contribution < -0.4 is 0 Å². The molecule has 5 nitrogen and oxygen atoms in total.